The smallest absolute Gasteiger partial charge is 0.462 e. The number of unbranched alkanes of at least 4 members (excludes halogenated alkanes) is 23. The molecule has 0 saturated heterocycles. The summed E-state index contributed by atoms with van der Waals surface area (Å²) in [6.45, 7) is 3.56. The van der Waals surface area contributed by atoms with Crippen molar-refractivity contribution in [3.63, 3.8) is 0 Å². The third-order valence-electron chi connectivity index (χ3n) is 9.32. The first-order valence-corrected chi connectivity index (χ1v) is 23.3. The maximum atomic E-state index is 12.6. The van der Waals surface area contributed by atoms with Gasteiger partial charge in [-0.25, -0.2) is 4.57 Å². The van der Waals surface area contributed by atoms with E-state index in [0.717, 1.165) is 51.4 Å². The van der Waals surface area contributed by atoms with Gasteiger partial charge in [0.1, 0.15) is 6.61 Å². The molecular formula is C43H80NO9P. The molecule has 0 rings (SSSR count). The van der Waals surface area contributed by atoms with Crippen molar-refractivity contribution in [1.29, 1.82) is 0 Å². The van der Waals surface area contributed by atoms with Crippen molar-refractivity contribution in [3.05, 3.63) is 24.3 Å². The van der Waals surface area contributed by atoms with Crippen LogP contribution in [0.2, 0.25) is 0 Å². The van der Waals surface area contributed by atoms with Gasteiger partial charge in [-0.15, -0.1) is 0 Å². The average Bonchev–Trinajstić information content (AvgIpc) is 3.15. The molecule has 1 unspecified atom stereocenters. The van der Waals surface area contributed by atoms with Gasteiger partial charge in [0.05, 0.1) is 13.2 Å². The monoisotopic (exact) mass is 786 g/mol. The molecule has 0 aromatic heterocycles. The fourth-order valence-corrected chi connectivity index (χ4v) is 6.79. The lowest BCUT2D eigenvalue weighted by Gasteiger charge is -2.19. The van der Waals surface area contributed by atoms with Gasteiger partial charge >= 0.3 is 19.8 Å². The van der Waals surface area contributed by atoms with Crippen LogP contribution in [0.15, 0.2) is 24.3 Å². The lowest BCUT2D eigenvalue weighted by Crippen LogP contribution is -2.29. The minimum atomic E-state index is -4.40. The van der Waals surface area contributed by atoms with E-state index in [9.17, 15) is 23.8 Å². The zero-order valence-electron chi connectivity index (χ0n) is 34.5. The highest BCUT2D eigenvalue weighted by Crippen LogP contribution is 2.43. The van der Waals surface area contributed by atoms with E-state index in [0.29, 0.717) is 12.8 Å². The van der Waals surface area contributed by atoms with E-state index in [1.54, 1.807) is 6.08 Å². The summed E-state index contributed by atoms with van der Waals surface area (Å²) in [6.07, 6.45) is 37.4. The second-order valence-electron chi connectivity index (χ2n) is 14.6. The first kappa shape index (κ1) is 52.2. The fraction of sp³-hybridized carbons (Fsp3) is 0.837. The summed E-state index contributed by atoms with van der Waals surface area (Å²) in [7, 11) is -4.40. The first-order valence-electron chi connectivity index (χ1n) is 21.8. The molecule has 0 aromatic rings. The third-order valence-corrected chi connectivity index (χ3v) is 10.3. The summed E-state index contributed by atoms with van der Waals surface area (Å²) in [4.78, 5) is 46.9. The lowest BCUT2D eigenvalue weighted by molar-refractivity contribution is -0.161. The number of allylic oxidation sites excluding steroid dienone is 4. The van der Waals surface area contributed by atoms with Crippen molar-refractivity contribution in [2.24, 2.45) is 5.73 Å². The van der Waals surface area contributed by atoms with E-state index in [1.165, 1.54) is 109 Å². The minimum Gasteiger partial charge on any atom is -0.462 e. The quantitative estimate of drug-likeness (QED) is 0.0201. The second-order valence-corrected chi connectivity index (χ2v) is 16.1. The fourth-order valence-electron chi connectivity index (χ4n) is 6.03. The lowest BCUT2D eigenvalue weighted by atomic mass is 10.0. The predicted molar refractivity (Wildman–Crippen MR) is 220 cm³/mol. The van der Waals surface area contributed by atoms with Crippen molar-refractivity contribution in [1.82, 2.24) is 0 Å². The average molecular weight is 786 g/mol. The maximum Gasteiger partial charge on any atom is 0.472 e. The summed E-state index contributed by atoms with van der Waals surface area (Å²) < 4.78 is 32.7. The number of esters is 2. The van der Waals surface area contributed by atoms with Crippen molar-refractivity contribution >= 4 is 25.5 Å². The van der Waals surface area contributed by atoms with Crippen molar-refractivity contribution in [3.8, 4) is 0 Å². The van der Waals surface area contributed by atoms with Crippen molar-refractivity contribution in [2.75, 3.05) is 26.4 Å². The molecule has 0 aromatic carbocycles. The molecule has 11 heteroatoms. The highest BCUT2D eigenvalue weighted by atomic mass is 31.2. The van der Waals surface area contributed by atoms with E-state index in [1.807, 2.05) is 12.2 Å². The highest BCUT2D eigenvalue weighted by molar-refractivity contribution is 7.47. The molecule has 54 heavy (non-hydrogen) atoms. The Bertz CT molecular complexity index is 1000. The van der Waals surface area contributed by atoms with Gasteiger partial charge in [-0.3, -0.25) is 23.4 Å². The molecule has 0 bridgehead atoms. The van der Waals surface area contributed by atoms with E-state index in [2.05, 4.69) is 19.9 Å². The molecule has 0 aliphatic carbocycles. The van der Waals surface area contributed by atoms with Crippen LogP contribution in [0.1, 0.15) is 200 Å². The van der Waals surface area contributed by atoms with Crippen LogP contribution in [0.4, 0.5) is 0 Å². The predicted octanol–water partition coefficient (Wildman–Crippen LogP) is 11.6. The second kappa shape index (κ2) is 39.4. The van der Waals surface area contributed by atoms with Crippen molar-refractivity contribution in [2.45, 2.75) is 206 Å². The van der Waals surface area contributed by atoms with Gasteiger partial charge < -0.3 is 20.1 Å². The Morgan fingerprint density at radius 3 is 1.57 bits per heavy atom. The van der Waals surface area contributed by atoms with Gasteiger partial charge in [0.15, 0.2) is 11.9 Å². The van der Waals surface area contributed by atoms with Gasteiger partial charge in [-0.2, -0.15) is 0 Å². The van der Waals surface area contributed by atoms with Crippen LogP contribution < -0.4 is 5.73 Å². The molecule has 0 aliphatic rings. The molecule has 0 spiro atoms. The number of ether oxygens (including phenoxy) is 2. The van der Waals surface area contributed by atoms with Crippen LogP contribution in [-0.4, -0.2) is 55.1 Å². The SMILES string of the molecule is CCCCC/C=C\C=C\C(=O)CCCCCCCC(=O)O[C@H](COC(=O)CCCCCCCCCCCCCCCCCCC)COP(=O)(O)OCCN. The zero-order valence-corrected chi connectivity index (χ0v) is 35.4. The summed E-state index contributed by atoms with van der Waals surface area (Å²) in [5, 5.41) is 0. The maximum absolute atomic E-state index is 12.6. The largest absolute Gasteiger partial charge is 0.472 e. The minimum absolute atomic E-state index is 0.0353. The van der Waals surface area contributed by atoms with Gasteiger partial charge in [-0.05, 0) is 38.2 Å². The Morgan fingerprint density at radius 1 is 0.593 bits per heavy atom. The van der Waals surface area contributed by atoms with Gasteiger partial charge in [0.25, 0.3) is 0 Å². The number of nitrogens with two attached hydrogens (primary N) is 1. The summed E-state index contributed by atoms with van der Waals surface area (Å²) >= 11 is 0. The number of rotatable bonds is 41. The summed E-state index contributed by atoms with van der Waals surface area (Å²) in [5.74, 6) is -0.797. The molecule has 316 valence electrons. The molecule has 0 radical (unpaired) electrons. The van der Waals surface area contributed by atoms with E-state index < -0.39 is 32.5 Å². The number of hydrogen-bond donors (Lipinski definition) is 2. The van der Waals surface area contributed by atoms with Crippen LogP contribution in [-0.2, 0) is 37.5 Å². The Labute approximate surface area is 329 Å². The molecule has 0 amide bonds. The normalized spacial score (nSPS) is 13.4. The molecule has 0 heterocycles. The molecule has 10 nitrogen and oxygen atoms in total. The zero-order chi connectivity index (χ0) is 39.8. The number of carbonyl (C=O) groups excluding carboxylic acids is 3. The van der Waals surface area contributed by atoms with E-state index in [-0.39, 0.29) is 38.4 Å². The topological polar surface area (TPSA) is 151 Å². The van der Waals surface area contributed by atoms with Gasteiger partial charge in [-0.1, -0.05) is 167 Å². The first-order chi connectivity index (χ1) is 26.2. The Kier molecular flexibility index (Phi) is 38.1. The standard InChI is InChI=1S/C43H80NO9P/c1-3-5-7-9-11-12-13-14-15-16-17-18-19-20-22-26-30-34-42(46)50-38-41(39-52-54(48,49)51-37-36-44)53-43(47)35-31-27-23-25-29-33-40(45)32-28-24-21-10-8-6-4-2/h21,24,28,32,41H,3-20,22-23,25-27,29-31,33-39,44H2,1-2H3,(H,48,49)/b24-21-,32-28+/t41-/m1/s1. The van der Waals surface area contributed by atoms with Crippen LogP contribution in [0.3, 0.4) is 0 Å². The number of hydrogen-bond acceptors (Lipinski definition) is 9. The Morgan fingerprint density at radius 2 is 1.06 bits per heavy atom. The van der Waals surface area contributed by atoms with Gasteiger partial charge in [0, 0.05) is 25.8 Å². The molecular weight excluding hydrogens is 705 g/mol. The van der Waals surface area contributed by atoms with Crippen LogP contribution >= 0.6 is 7.82 Å². The summed E-state index contributed by atoms with van der Waals surface area (Å²) in [6, 6.07) is 0. The Hall–Kier alpha value is -1.84. The van der Waals surface area contributed by atoms with Crippen LogP contribution in [0.5, 0.6) is 0 Å². The van der Waals surface area contributed by atoms with Crippen LogP contribution in [0.25, 0.3) is 0 Å². The number of carbonyl (C=O) groups is 3. The highest BCUT2D eigenvalue weighted by Gasteiger charge is 2.26. The van der Waals surface area contributed by atoms with Crippen molar-refractivity contribution < 1.29 is 42.4 Å². The summed E-state index contributed by atoms with van der Waals surface area (Å²) in [5.41, 5.74) is 5.34. The van der Waals surface area contributed by atoms with E-state index >= 15 is 0 Å². The number of phosphoric ester groups is 1. The molecule has 0 saturated carbocycles. The molecule has 0 aliphatic heterocycles. The molecule has 0 fully saturated rings. The third kappa shape index (κ3) is 38.4. The number of ketones is 1. The molecule has 3 N–H and O–H groups in total. The van der Waals surface area contributed by atoms with Crippen LogP contribution in [0, 0.1) is 0 Å². The van der Waals surface area contributed by atoms with Gasteiger partial charge in [0.2, 0.25) is 0 Å². The van der Waals surface area contributed by atoms with E-state index in [4.69, 9.17) is 24.3 Å². The molecule has 2 atom stereocenters. The number of phosphoric acid groups is 1. The Balaban J connectivity index is 4.20.